The molecule has 5 rings (SSSR count). The number of hydrogen-bond acceptors (Lipinski definition) is 5. The highest BCUT2D eigenvalue weighted by Gasteiger charge is 2.57. The van der Waals surface area contributed by atoms with Gasteiger partial charge in [0.25, 0.3) is 0 Å². The first kappa shape index (κ1) is 22.1. The minimum Gasteiger partial charge on any atom is -0.462 e. The first-order valence-electron chi connectivity index (χ1n) is 12.0. The van der Waals surface area contributed by atoms with Crippen molar-refractivity contribution in [2.75, 3.05) is 7.11 Å². The van der Waals surface area contributed by atoms with Crippen LogP contribution in [0.25, 0.3) is 11.1 Å². The molecule has 174 valence electrons. The van der Waals surface area contributed by atoms with Crippen molar-refractivity contribution in [2.45, 2.75) is 45.1 Å². The van der Waals surface area contributed by atoms with E-state index in [4.69, 9.17) is 14.6 Å². The van der Waals surface area contributed by atoms with Gasteiger partial charge in [-0.1, -0.05) is 23.4 Å². The van der Waals surface area contributed by atoms with E-state index in [9.17, 15) is 9.18 Å². The summed E-state index contributed by atoms with van der Waals surface area (Å²) >= 11 is 0. The van der Waals surface area contributed by atoms with Crippen LogP contribution in [0.3, 0.4) is 0 Å². The van der Waals surface area contributed by atoms with E-state index in [2.05, 4.69) is 18.1 Å². The third kappa shape index (κ3) is 4.28. The number of benzene rings is 1. The van der Waals surface area contributed by atoms with Crippen LogP contribution in [0.1, 0.15) is 38.3 Å². The third-order valence-corrected chi connectivity index (χ3v) is 8.17. The monoisotopic (exact) mass is 450 g/mol. The Morgan fingerprint density at radius 3 is 2.82 bits per heavy atom. The quantitative estimate of drug-likeness (QED) is 0.341. The average molecular weight is 451 g/mol. The lowest BCUT2D eigenvalue weighted by molar-refractivity contribution is -0.144. The molecule has 1 aromatic carbocycles. The van der Waals surface area contributed by atoms with Gasteiger partial charge >= 0.3 is 5.97 Å². The van der Waals surface area contributed by atoms with Crippen LogP contribution in [-0.2, 0) is 20.8 Å². The minimum absolute atomic E-state index is 0.00823. The van der Waals surface area contributed by atoms with Crippen molar-refractivity contribution in [2.24, 2.45) is 40.7 Å². The molecule has 0 amide bonds. The van der Waals surface area contributed by atoms with Gasteiger partial charge in [-0.3, -0.25) is 9.78 Å². The Labute approximate surface area is 194 Å². The van der Waals surface area contributed by atoms with Crippen LogP contribution < -0.4 is 0 Å². The largest absolute Gasteiger partial charge is 0.462 e. The average Bonchev–Trinajstić information content (AvgIpc) is 3.35. The summed E-state index contributed by atoms with van der Waals surface area (Å²) in [6.45, 7) is 2.06. The first-order chi connectivity index (χ1) is 16.0. The molecule has 33 heavy (non-hydrogen) atoms. The normalized spacial score (nSPS) is 33.1. The number of rotatable bonds is 6. The van der Waals surface area contributed by atoms with Crippen LogP contribution in [0.5, 0.6) is 0 Å². The molecule has 2 saturated carbocycles. The standard InChI is InChI=1S/C27H31FN2O3/c1-16-25-24(27(31)33-16)14-18(10-11-30-32-2)23-9-7-19(26(23)25)13-22-8-6-20(15-29-22)17-4-3-5-21(28)12-17/h3-6,8,11-12,15-16,18-19,23-26H,7,9-10,13-14H2,1-2H3/t16-,18+,19+,23-,24-,25-,26+/m1/s1. The fourth-order valence-electron chi connectivity index (χ4n) is 6.87. The summed E-state index contributed by atoms with van der Waals surface area (Å²) < 4.78 is 19.3. The topological polar surface area (TPSA) is 60.8 Å². The van der Waals surface area contributed by atoms with Gasteiger partial charge in [-0.25, -0.2) is 4.39 Å². The van der Waals surface area contributed by atoms with Crippen LogP contribution in [0, 0.1) is 41.3 Å². The van der Waals surface area contributed by atoms with E-state index in [0.29, 0.717) is 23.7 Å². The van der Waals surface area contributed by atoms with Gasteiger partial charge in [0.05, 0.1) is 5.92 Å². The predicted molar refractivity (Wildman–Crippen MR) is 124 cm³/mol. The summed E-state index contributed by atoms with van der Waals surface area (Å²) in [5.74, 6) is 1.95. The Kier molecular flexibility index (Phi) is 6.17. The first-order valence-corrected chi connectivity index (χ1v) is 12.0. The summed E-state index contributed by atoms with van der Waals surface area (Å²) in [5, 5.41) is 3.95. The van der Waals surface area contributed by atoms with Crippen molar-refractivity contribution < 1.29 is 18.8 Å². The number of esters is 1. The lowest BCUT2D eigenvalue weighted by Crippen LogP contribution is -2.42. The molecule has 0 spiro atoms. The number of carbonyl (C=O) groups is 1. The molecular weight excluding hydrogens is 419 g/mol. The molecule has 0 unspecified atom stereocenters. The third-order valence-electron chi connectivity index (χ3n) is 8.17. The Morgan fingerprint density at radius 2 is 2.06 bits per heavy atom. The number of oxime groups is 1. The molecule has 2 aromatic rings. The van der Waals surface area contributed by atoms with Crippen LogP contribution in [0.15, 0.2) is 47.8 Å². The second-order valence-electron chi connectivity index (χ2n) is 9.86. The Morgan fingerprint density at radius 1 is 1.18 bits per heavy atom. The van der Waals surface area contributed by atoms with E-state index in [-0.39, 0.29) is 29.7 Å². The summed E-state index contributed by atoms with van der Waals surface area (Å²) in [6, 6.07) is 10.7. The van der Waals surface area contributed by atoms with E-state index >= 15 is 0 Å². The highest BCUT2D eigenvalue weighted by atomic mass is 19.1. The van der Waals surface area contributed by atoms with Gasteiger partial charge in [0, 0.05) is 29.6 Å². The predicted octanol–water partition coefficient (Wildman–Crippen LogP) is 5.29. The molecule has 6 heteroatoms. The van der Waals surface area contributed by atoms with Gasteiger partial charge in [-0.05, 0) is 86.5 Å². The number of pyridine rings is 1. The van der Waals surface area contributed by atoms with E-state index < -0.39 is 0 Å². The van der Waals surface area contributed by atoms with Crippen molar-refractivity contribution in [3.8, 4) is 11.1 Å². The lowest BCUT2D eigenvalue weighted by Gasteiger charge is -2.43. The maximum Gasteiger partial charge on any atom is 0.309 e. The zero-order valence-electron chi connectivity index (χ0n) is 19.2. The fourth-order valence-corrected chi connectivity index (χ4v) is 6.87. The summed E-state index contributed by atoms with van der Waals surface area (Å²) in [6.07, 6.45) is 8.61. The number of hydrogen-bond donors (Lipinski definition) is 0. The van der Waals surface area contributed by atoms with E-state index in [1.165, 1.54) is 18.6 Å². The molecule has 2 heterocycles. The Bertz CT molecular complexity index is 1020. The van der Waals surface area contributed by atoms with Crippen LogP contribution in [0.4, 0.5) is 4.39 Å². The van der Waals surface area contributed by atoms with E-state index in [1.807, 2.05) is 24.5 Å². The summed E-state index contributed by atoms with van der Waals surface area (Å²) in [7, 11) is 1.56. The van der Waals surface area contributed by atoms with E-state index in [0.717, 1.165) is 42.5 Å². The van der Waals surface area contributed by atoms with Crippen molar-refractivity contribution in [3.05, 3.63) is 54.1 Å². The van der Waals surface area contributed by atoms with Gasteiger partial charge in [0.2, 0.25) is 0 Å². The number of nitrogens with zero attached hydrogens (tertiary/aromatic N) is 2. The molecule has 7 atom stereocenters. The van der Waals surface area contributed by atoms with Crippen molar-refractivity contribution in [1.82, 2.24) is 4.98 Å². The van der Waals surface area contributed by atoms with Gasteiger partial charge in [0.15, 0.2) is 0 Å². The fraction of sp³-hybridized carbons (Fsp3) is 0.519. The number of fused-ring (bicyclic) bond motifs is 3. The van der Waals surface area contributed by atoms with Gasteiger partial charge in [-0.15, -0.1) is 0 Å². The molecule has 5 nitrogen and oxygen atoms in total. The lowest BCUT2D eigenvalue weighted by atomic mass is 9.60. The van der Waals surface area contributed by atoms with Gasteiger partial charge in [-0.2, -0.15) is 0 Å². The van der Waals surface area contributed by atoms with Crippen molar-refractivity contribution in [1.29, 1.82) is 0 Å². The molecule has 3 aliphatic rings. The minimum atomic E-state index is -0.243. The molecule has 3 fully saturated rings. The molecule has 1 aromatic heterocycles. The molecule has 1 saturated heterocycles. The number of ether oxygens (including phenoxy) is 1. The van der Waals surface area contributed by atoms with Crippen LogP contribution >= 0.6 is 0 Å². The highest BCUT2D eigenvalue weighted by Crippen LogP contribution is 2.58. The summed E-state index contributed by atoms with van der Waals surface area (Å²) in [5.41, 5.74) is 2.81. The molecular formula is C27H31FN2O3. The zero-order chi connectivity index (χ0) is 22.9. The van der Waals surface area contributed by atoms with Crippen molar-refractivity contribution >= 4 is 12.2 Å². The maximum atomic E-state index is 13.6. The van der Waals surface area contributed by atoms with Gasteiger partial charge in [0.1, 0.15) is 19.0 Å². The zero-order valence-corrected chi connectivity index (χ0v) is 19.2. The summed E-state index contributed by atoms with van der Waals surface area (Å²) in [4.78, 5) is 22.2. The Balaban J connectivity index is 1.35. The molecule has 2 aliphatic carbocycles. The maximum absolute atomic E-state index is 13.6. The van der Waals surface area contributed by atoms with Crippen LogP contribution in [0.2, 0.25) is 0 Å². The second kappa shape index (κ2) is 9.24. The molecule has 0 bridgehead atoms. The highest BCUT2D eigenvalue weighted by molar-refractivity contribution is 5.75. The molecule has 0 radical (unpaired) electrons. The number of cyclic esters (lactones) is 1. The molecule has 0 N–H and O–H groups in total. The Hall–Kier alpha value is -2.76. The smallest absolute Gasteiger partial charge is 0.309 e. The van der Waals surface area contributed by atoms with Crippen LogP contribution in [-0.4, -0.2) is 30.4 Å². The second-order valence-corrected chi connectivity index (χ2v) is 9.86. The number of aromatic nitrogens is 1. The van der Waals surface area contributed by atoms with E-state index in [1.54, 1.807) is 13.2 Å². The van der Waals surface area contributed by atoms with Gasteiger partial charge < -0.3 is 9.57 Å². The SMILES string of the molecule is CON=CC[C@H]1C[C@H]2C(=O)O[C@H](C)[C@H]2[C@H]2[C@H](Cc3ccc(-c4cccc(F)c4)cn3)CC[C@H]12. The number of carbonyl (C=O) groups excluding carboxylic acids is 1. The molecule has 1 aliphatic heterocycles. The van der Waals surface area contributed by atoms with Crippen molar-refractivity contribution in [3.63, 3.8) is 0 Å². The number of halogens is 1.